The maximum atomic E-state index is 11.6. The molecule has 0 aromatic heterocycles. The monoisotopic (exact) mass is 317 g/mol. The van der Waals surface area contributed by atoms with E-state index in [-0.39, 0.29) is 12.0 Å². The van der Waals surface area contributed by atoms with E-state index in [4.69, 9.17) is 4.74 Å². The number of para-hydroxylation sites is 1. The molecule has 1 aliphatic heterocycles. The third-order valence-corrected chi connectivity index (χ3v) is 2.87. The van der Waals surface area contributed by atoms with Gasteiger partial charge in [0.1, 0.15) is 5.75 Å². The van der Waals surface area contributed by atoms with Crippen molar-refractivity contribution in [2.24, 2.45) is 0 Å². The molecule has 0 spiro atoms. The molecule has 0 bridgehead atoms. The molecular weight excluding hydrogens is 305 g/mol. The molecule has 0 aliphatic carbocycles. The quantitative estimate of drug-likeness (QED) is 0.678. The minimum Gasteiger partial charge on any atom is -0.480 e. The van der Waals surface area contributed by atoms with Gasteiger partial charge in [0.15, 0.2) is 6.10 Å². The Kier molecular flexibility index (Phi) is 3.45. The van der Waals surface area contributed by atoms with Gasteiger partial charge in [-0.25, -0.2) is 0 Å². The summed E-state index contributed by atoms with van der Waals surface area (Å²) < 4.78 is 6.47. The summed E-state index contributed by atoms with van der Waals surface area (Å²) in [5.74, 6) is 0.829. The van der Waals surface area contributed by atoms with Crippen molar-refractivity contribution in [1.82, 2.24) is 5.32 Å². The maximum Gasteiger partial charge on any atom is 0.261 e. The van der Waals surface area contributed by atoms with E-state index in [0.717, 1.165) is 15.7 Å². The Morgan fingerprint density at radius 1 is 1.53 bits per heavy atom. The van der Waals surface area contributed by atoms with Crippen molar-refractivity contribution in [1.29, 1.82) is 0 Å². The molecule has 0 fully saturated rings. The van der Waals surface area contributed by atoms with Gasteiger partial charge in [0, 0.05) is 17.4 Å². The Hall–Kier alpha value is -0.780. The van der Waals surface area contributed by atoms with E-state index >= 15 is 0 Å². The number of fused-ring (bicyclic) bond motifs is 1. The van der Waals surface area contributed by atoms with Gasteiger partial charge >= 0.3 is 0 Å². The van der Waals surface area contributed by atoms with Crippen LogP contribution >= 0.6 is 22.6 Å². The Balaban J connectivity index is 1.98. The van der Waals surface area contributed by atoms with Crippen LogP contribution in [-0.4, -0.2) is 23.0 Å². The zero-order valence-corrected chi connectivity index (χ0v) is 10.4. The summed E-state index contributed by atoms with van der Waals surface area (Å²) in [4.78, 5) is 11.6. The lowest BCUT2D eigenvalue weighted by Crippen LogP contribution is -2.38. The van der Waals surface area contributed by atoms with Gasteiger partial charge in [-0.15, -0.1) is 0 Å². The minimum absolute atomic E-state index is 0.0112. The SMILES string of the molecule is O=C(NCCI)C1Cc2ccccc2O1. The van der Waals surface area contributed by atoms with Gasteiger partial charge in [0.25, 0.3) is 5.91 Å². The van der Waals surface area contributed by atoms with Crippen molar-refractivity contribution in [2.75, 3.05) is 11.0 Å². The van der Waals surface area contributed by atoms with Crippen LogP contribution in [0.2, 0.25) is 0 Å². The lowest BCUT2D eigenvalue weighted by Gasteiger charge is -2.09. The van der Waals surface area contributed by atoms with Crippen LogP contribution in [0.1, 0.15) is 5.56 Å². The smallest absolute Gasteiger partial charge is 0.261 e. The number of amides is 1. The van der Waals surface area contributed by atoms with E-state index in [1.54, 1.807) is 0 Å². The Morgan fingerprint density at radius 3 is 3.07 bits per heavy atom. The van der Waals surface area contributed by atoms with E-state index in [0.29, 0.717) is 13.0 Å². The van der Waals surface area contributed by atoms with Crippen LogP contribution in [0.3, 0.4) is 0 Å². The first-order valence-electron chi connectivity index (χ1n) is 4.89. The summed E-state index contributed by atoms with van der Waals surface area (Å²) in [6, 6.07) is 7.79. The molecule has 2 rings (SSSR count). The van der Waals surface area contributed by atoms with Crippen molar-refractivity contribution in [3.8, 4) is 5.75 Å². The van der Waals surface area contributed by atoms with Crippen molar-refractivity contribution in [3.63, 3.8) is 0 Å². The van der Waals surface area contributed by atoms with Crippen LogP contribution in [0.5, 0.6) is 5.75 Å². The summed E-state index contributed by atoms with van der Waals surface area (Å²) in [6.45, 7) is 0.704. The molecule has 1 unspecified atom stereocenters. The Bertz CT molecular complexity index is 342. The predicted octanol–water partition coefficient (Wildman–Crippen LogP) is 1.54. The fourth-order valence-electron chi connectivity index (χ4n) is 1.61. The summed E-state index contributed by atoms with van der Waals surface area (Å²) in [5.41, 5.74) is 1.12. The number of benzene rings is 1. The third-order valence-electron chi connectivity index (χ3n) is 2.33. The maximum absolute atomic E-state index is 11.6. The first kappa shape index (κ1) is 10.7. The van der Waals surface area contributed by atoms with Gasteiger partial charge in [-0.1, -0.05) is 40.8 Å². The highest BCUT2D eigenvalue weighted by Crippen LogP contribution is 2.27. The zero-order chi connectivity index (χ0) is 10.7. The van der Waals surface area contributed by atoms with Gasteiger partial charge in [0.2, 0.25) is 0 Å². The molecule has 1 heterocycles. The number of carbonyl (C=O) groups is 1. The second-order valence-corrected chi connectivity index (χ2v) is 4.48. The number of alkyl halides is 1. The van der Waals surface area contributed by atoms with Crippen molar-refractivity contribution < 1.29 is 9.53 Å². The van der Waals surface area contributed by atoms with Crippen LogP contribution in [0, 0.1) is 0 Å². The van der Waals surface area contributed by atoms with E-state index in [9.17, 15) is 4.79 Å². The van der Waals surface area contributed by atoms with E-state index in [1.165, 1.54) is 0 Å². The number of ether oxygens (including phenoxy) is 1. The molecular formula is C11H12INO2. The number of nitrogens with one attached hydrogen (secondary N) is 1. The number of hydrogen-bond acceptors (Lipinski definition) is 2. The van der Waals surface area contributed by atoms with Crippen molar-refractivity contribution in [2.45, 2.75) is 12.5 Å². The lowest BCUT2D eigenvalue weighted by atomic mass is 10.1. The second-order valence-electron chi connectivity index (χ2n) is 3.40. The Labute approximate surface area is 102 Å². The first-order chi connectivity index (χ1) is 7.31. The molecule has 0 saturated heterocycles. The van der Waals surface area contributed by atoms with Gasteiger partial charge in [-0.2, -0.15) is 0 Å². The highest BCUT2D eigenvalue weighted by Gasteiger charge is 2.28. The van der Waals surface area contributed by atoms with Crippen LogP contribution in [0.15, 0.2) is 24.3 Å². The molecule has 0 saturated carbocycles. The normalized spacial score (nSPS) is 18.1. The zero-order valence-electron chi connectivity index (χ0n) is 8.20. The van der Waals surface area contributed by atoms with Crippen LogP contribution < -0.4 is 10.1 Å². The van der Waals surface area contributed by atoms with Crippen molar-refractivity contribution in [3.05, 3.63) is 29.8 Å². The first-order valence-corrected chi connectivity index (χ1v) is 6.42. The number of carbonyl (C=O) groups excluding carboxylic acids is 1. The molecule has 15 heavy (non-hydrogen) atoms. The average molecular weight is 317 g/mol. The highest BCUT2D eigenvalue weighted by atomic mass is 127. The molecule has 80 valence electrons. The van der Waals surface area contributed by atoms with Crippen molar-refractivity contribution >= 4 is 28.5 Å². The largest absolute Gasteiger partial charge is 0.480 e. The molecule has 3 nitrogen and oxygen atoms in total. The van der Waals surface area contributed by atoms with Gasteiger partial charge in [0.05, 0.1) is 0 Å². The second kappa shape index (κ2) is 4.83. The molecule has 1 amide bonds. The molecule has 1 aliphatic rings. The molecule has 1 aromatic carbocycles. The van der Waals surface area contributed by atoms with E-state index in [1.807, 2.05) is 24.3 Å². The van der Waals surface area contributed by atoms with E-state index < -0.39 is 0 Å². The standard InChI is InChI=1S/C11H12INO2/c12-5-6-13-11(14)10-7-8-3-1-2-4-9(8)15-10/h1-4,10H,5-7H2,(H,13,14). The molecule has 1 N–H and O–H groups in total. The number of halogens is 1. The summed E-state index contributed by atoms with van der Waals surface area (Å²) >= 11 is 2.23. The molecule has 1 aromatic rings. The fraction of sp³-hybridized carbons (Fsp3) is 0.364. The summed E-state index contributed by atoms with van der Waals surface area (Å²) in [5, 5.41) is 2.84. The van der Waals surface area contributed by atoms with Gasteiger partial charge in [-0.3, -0.25) is 4.79 Å². The topological polar surface area (TPSA) is 38.3 Å². The minimum atomic E-state index is -0.342. The summed E-state index contributed by atoms with van der Waals surface area (Å²) in [6.07, 6.45) is 0.342. The fourth-order valence-corrected chi connectivity index (χ4v) is 1.88. The Morgan fingerprint density at radius 2 is 2.33 bits per heavy atom. The lowest BCUT2D eigenvalue weighted by molar-refractivity contribution is -0.127. The molecule has 1 atom stereocenters. The molecule has 0 radical (unpaired) electrons. The van der Waals surface area contributed by atoms with Crippen LogP contribution in [0.4, 0.5) is 0 Å². The van der Waals surface area contributed by atoms with Gasteiger partial charge in [-0.05, 0) is 11.6 Å². The number of hydrogen-bond donors (Lipinski definition) is 1. The van der Waals surface area contributed by atoms with E-state index in [2.05, 4.69) is 27.9 Å². The molecule has 4 heteroatoms. The van der Waals surface area contributed by atoms with Crippen LogP contribution in [-0.2, 0) is 11.2 Å². The average Bonchev–Trinajstić information content (AvgIpc) is 2.69. The van der Waals surface area contributed by atoms with Crippen LogP contribution in [0.25, 0.3) is 0 Å². The summed E-state index contributed by atoms with van der Waals surface area (Å²) in [7, 11) is 0. The van der Waals surface area contributed by atoms with Gasteiger partial charge < -0.3 is 10.1 Å². The number of rotatable bonds is 3. The third kappa shape index (κ3) is 2.42. The predicted molar refractivity (Wildman–Crippen MR) is 66.5 cm³/mol. The highest BCUT2D eigenvalue weighted by molar-refractivity contribution is 14.1.